The van der Waals surface area contributed by atoms with Crippen LogP contribution in [0.5, 0.6) is 11.5 Å². The lowest BCUT2D eigenvalue weighted by molar-refractivity contribution is -0.119. The zero-order valence-electron chi connectivity index (χ0n) is 11.9. The summed E-state index contributed by atoms with van der Waals surface area (Å²) in [5.41, 5.74) is 6.19. The van der Waals surface area contributed by atoms with E-state index >= 15 is 0 Å². The predicted molar refractivity (Wildman–Crippen MR) is 83.2 cm³/mol. The average Bonchev–Trinajstić information content (AvgIpc) is 2.37. The molecule has 0 aromatic heterocycles. The number of anilines is 1. The monoisotopic (exact) mass is 322 g/mol. The second-order valence-corrected chi connectivity index (χ2v) is 4.73. The lowest BCUT2D eigenvalue weighted by atomic mass is 10.0. The molecule has 0 saturated carbocycles. The summed E-state index contributed by atoms with van der Waals surface area (Å²) < 4.78 is 10.3. The van der Waals surface area contributed by atoms with E-state index in [0.29, 0.717) is 22.2 Å². The van der Waals surface area contributed by atoms with Crippen molar-refractivity contribution in [3.8, 4) is 11.5 Å². The number of nitrogens with two attached hydrogens (primary N) is 1. The van der Waals surface area contributed by atoms with Gasteiger partial charge in [-0.1, -0.05) is 18.5 Å². The molecule has 0 aliphatic rings. The maximum absolute atomic E-state index is 12.0. The normalized spacial score (nSPS) is 12.9. The van der Waals surface area contributed by atoms with Crippen molar-refractivity contribution in [3.63, 3.8) is 0 Å². The molecule has 3 N–H and O–H groups in total. The molecule has 1 rings (SSSR count). The molecule has 20 heavy (non-hydrogen) atoms. The summed E-state index contributed by atoms with van der Waals surface area (Å²) in [6, 6.07) is 2.97. The van der Waals surface area contributed by atoms with E-state index in [1.807, 2.05) is 0 Å². The van der Waals surface area contributed by atoms with Crippen molar-refractivity contribution >= 4 is 35.6 Å². The fourth-order valence-corrected chi connectivity index (χ4v) is 1.68. The highest BCUT2D eigenvalue weighted by Crippen LogP contribution is 2.36. The fraction of sp³-hybridized carbons (Fsp3) is 0.462. The second kappa shape index (κ2) is 8.19. The molecule has 2 atom stereocenters. The highest BCUT2D eigenvalue weighted by atomic mass is 35.5. The quantitative estimate of drug-likeness (QED) is 0.874. The van der Waals surface area contributed by atoms with Crippen molar-refractivity contribution in [2.24, 2.45) is 11.7 Å². The van der Waals surface area contributed by atoms with E-state index in [1.165, 1.54) is 14.2 Å². The van der Waals surface area contributed by atoms with Gasteiger partial charge >= 0.3 is 0 Å². The van der Waals surface area contributed by atoms with Gasteiger partial charge in [0.25, 0.3) is 0 Å². The number of halogens is 2. The molecule has 0 heterocycles. The smallest absolute Gasteiger partial charge is 0.228 e. The van der Waals surface area contributed by atoms with Crippen molar-refractivity contribution in [2.45, 2.75) is 19.9 Å². The van der Waals surface area contributed by atoms with Gasteiger partial charge in [-0.25, -0.2) is 0 Å². The van der Waals surface area contributed by atoms with E-state index in [0.717, 1.165) is 0 Å². The summed E-state index contributed by atoms with van der Waals surface area (Å²) in [5.74, 6) is 0.461. The first-order chi connectivity index (χ1) is 8.90. The van der Waals surface area contributed by atoms with Crippen LogP contribution in [0.2, 0.25) is 5.02 Å². The minimum absolute atomic E-state index is 0. The Hall–Kier alpha value is -1.17. The molecule has 0 fully saturated rings. The molecule has 7 heteroatoms. The predicted octanol–water partition coefficient (Wildman–Crippen LogP) is 2.70. The summed E-state index contributed by atoms with van der Waals surface area (Å²) in [6.45, 7) is 3.54. The summed E-state index contributed by atoms with van der Waals surface area (Å²) in [4.78, 5) is 12.0. The Bertz CT molecular complexity index is 467. The molecule has 1 aromatic carbocycles. The zero-order valence-corrected chi connectivity index (χ0v) is 13.5. The topological polar surface area (TPSA) is 73.6 Å². The van der Waals surface area contributed by atoms with Gasteiger partial charge in [0, 0.05) is 12.1 Å². The molecular formula is C13H20Cl2N2O3. The molecular weight excluding hydrogens is 303 g/mol. The highest BCUT2D eigenvalue weighted by Gasteiger charge is 2.19. The van der Waals surface area contributed by atoms with Crippen LogP contribution in [0, 0.1) is 5.92 Å². The van der Waals surface area contributed by atoms with Crippen LogP contribution in [-0.4, -0.2) is 26.2 Å². The fourth-order valence-electron chi connectivity index (χ4n) is 1.44. The van der Waals surface area contributed by atoms with Crippen LogP contribution < -0.4 is 20.5 Å². The van der Waals surface area contributed by atoms with Gasteiger partial charge in [0.1, 0.15) is 11.5 Å². The van der Waals surface area contributed by atoms with Gasteiger partial charge in [-0.2, -0.15) is 0 Å². The summed E-state index contributed by atoms with van der Waals surface area (Å²) in [7, 11) is 3.02. The van der Waals surface area contributed by atoms with Gasteiger partial charge < -0.3 is 20.5 Å². The second-order valence-electron chi connectivity index (χ2n) is 4.32. The molecule has 0 saturated heterocycles. The van der Waals surface area contributed by atoms with Gasteiger partial charge in [-0.3, -0.25) is 4.79 Å². The molecule has 0 bridgehead atoms. The molecule has 1 aromatic rings. The van der Waals surface area contributed by atoms with Crippen LogP contribution in [0.3, 0.4) is 0 Å². The summed E-state index contributed by atoms with van der Waals surface area (Å²) >= 11 is 6.03. The Labute approximate surface area is 130 Å². The Morgan fingerprint density at radius 2 is 1.80 bits per heavy atom. The first kappa shape index (κ1) is 18.8. The van der Waals surface area contributed by atoms with E-state index in [4.69, 9.17) is 26.8 Å². The number of rotatable bonds is 5. The maximum Gasteiger partial charge on any atom is 0.228 e. The van der Waals surface area contributed by atoms with Crippen molar-refractivity contribution in [1.29, 1.82) is 0 Å². The molecule has 0 spiro atoms. The average molecular weight is 323 g/mol. The lowest BCUT2D eigenvalue weighted by Crippen LogP contribution is -2.34. The number of carbonyl (C=O) groups is 1. The van der Waals surface area contributed by atoms with Gasteiger partial charge in [-0.15, -0.1) is 12.4 Å². The zero-order chi connectivity index (χ0) is 14.6. The van der Waals surface area contributed by atoms with E-state index in [9.17, 15) is 4.79 Å². The molecule has 1 amide bonds. The Morgan fingerprint density at radius 3 is 2.25 bits per heavy atom. The molecule has 5 nitrogen and oxygen atoms in total. The Balaban J connectivity index is 0.00000361. The molecule has 114 valence electrons. The first-order valence-electron chi connectivity index (χ1n) is 5.88. The Kier molecular flexibility index (Phi) is 7.71. The Morgan fingerprint density at radius 1 is 1.25 bits per heavy atom. The number of ether oxygens (including phenoxy) is 2. The molecule has 0 aliphatic heterocycles. The van der Waals surface area contributed by atoms with Crippen LogP contribution in [-0.2, 0) is 4.79 Å². The van der Waals surface area contributed by atoms with Crippen LogP contribution in [0.15, 0.2) is 12.1 Å². The van der Waals surface area contributed by atoms with Gasteiger partial charge in [-0.05, 0) is 13.0 Å². The van der Waals surface area contributed by atoms with E-state index in [1.54, 1.807) is 26.0 Å². The number of methoxy groups -OCH3 is 2. The van der Waals surface area contributed by atoms with Gasteiger partial charge in [0.05, 0.1) is 30.8 Å². The van der Waals surface area contributed by atoms with Gasteiger partial charge in [0.2, 0.25) is 5.91 Å². The number of hydrogen-bond acceptors (Lipinski definition) is 4. The SMILES string of the molecule is COc1cc(OC)c(NC(=O)C(C)C(C)N)cc1Cl.Cl. The third-order valence-corrected chi connectivity index (χ3v) is 3.23. The summed E-state index contributed by atoms with van der Waals surface area (Å²) in [5, 5.41) is 3.15. The summed E-state index contributed by atoms with van der Waals surface area (Å²) in [6.07, 6.45) is 0. The highest BCUT2D eigenvalue weighted by molar-refractivity contribution is 6.32. The molecule has 0 aliphatic carbocycles. The van der Waals surface area contributed by atoms with E-state index in [2.05, 4.69) is 5.32 Å². The third-order valence-electron chi connectivity index (χ3n) is 2.93. The molecule has 2 unspecified atom stereocenters. The van der Waals surface area contributed by atoms with Crippen molar-refractivity contribution < 1.29 is 14.3 Å². The molecule has 0 radical (unpaired) electrons. The minimum Gasteiger partial charge on any atom is -0.495 e. The van der Waals surface area contributed by atoms with Crippen LogP contribution in [0.4, 0.5) is 5.69 Å². The maximum atomic E-state index is 12.0. The number of amides is 1. The van der Waals surface area contributed by atoms with Crippen molar-refractivity contribution in [3.05, 3.63) is 17.2 Å². The van der Waals surface area contributed by atoms with Crippen molar-refractivity contribution in [1.82, 2.24) is 0 Å². The minimum atomic E-state index is -0.314. The van der Waals surface area contributed by atoms with E-state index in [-0.39, 0.29) is 30.3 Å². The van der Waals surface area contributed by atoms with Crippen molar-refractivity contribution in [2.75, 3.05) is 19.5 Å². The van der Waals surface area contributed by atoms with Crippen LogP contribution in [0.25, 0.3) is 0 Å². The lowest BCUT2D eigenvalue weighted by Gasteiger charge is -2.17. The first-order valence-corrected chi connectivity index (χ1v) is 6.26. The van der Waals surface area contributed by atoms with Crippen LogP contribution in [0.1, 0.15) is 13.8 Å². The van der Waals surface area contributed by atoms with Gasteiger partial charge in [0.15, 0.2) is 0 Å². The number of nitrogens with one attached hydrogen (secondary N) is 1. The number of carbonyl (C=O) groups excluding carboxylic acids is 1. The van der Waals surface area contributed by atoms with E-state index < -0.39 is 0 Å². The largest absolute Gasteiger partial charge is 0.495 e. The van der Waals surface area contributed by atoms with Crippen LogP contribution >= 0.6 is 24.0 Å². The number of benzene rings is 1. The standard InChI is InChI=1S/C13H19ClN2O3.ClH/c1-7(8(2)15)13(17)16-10-5-9(14)11(18-3)6-12(10)19-4;/h5-8H,15H2,1-4H3,(H,16,17);1H. The number of hydrogen-bond donors (Lipinski definition) is 2. The third kappa shape index (κ3) is 4.44.